The highest BCUT2D eigenvalue weighted by atomic mass is 19.1. The van der Waals surface area contributed by atoms with Gasteiger partial charge in [0.1, 0.15) is 11.5 Å². The van der Waals surface area contributed by atoms with Crippen LogP contribution in [0.25, 0.3) is 10.9 Å². The zero-order valence-electron chi connectivity index (χ0n) is 14.6. The number of carboxylic acids is 1. The molecule has 0 bridgehead atoms. The Labute approximate surface area is 155 Å². The number of halogens is 1. The summed E-state index contributed by atoms with van der Waals surface area (Å²) in [5, 5.41) is 10.3. The predicted octanol–water partition coefficient (Wildman–Crippen LogP) is 4.89. The van der Waals surface area contributed by atoms with Gasteiger partial charge in [-0.2, -0.15) is 0 Å². The lowest BCUT2D eigenvalue weighted by atomic mass is 9.87. The van der Waals surface area contributed by atoms with Gasteiger partial charge < -0.3 is 10.1 Å². The molecular formula is C22H17FN2O2. The molecule has 0 amide bonds. The molecule has 0 fully saturated rings. The smallest absolute Gasteiger partial charge is 0.354 e. The van der Waals surface area contributed by atoms with E-state index in [1.807, 2.05) is 30.5 Å². The summed E-state index contributed by atoms with van der Waals surface area (Å²) >= 11 is 0. The molecule has 1 atom stereocenters. The number of aromatic nitrogens is 2. The number of carbonyl (C=O) groups is 1. The first kappa shape index (κ1) is 17.0. The van der Waals surface area contributed by atoms with E-state index in [9.17, 15) is 14.3 Å². The van der Waals surface area contributed by atoms with Crippen molar-refractivity contribution in [2.75, 3.05) is 0 Å². The number of aromatic carboxylic acids is 1. The molecule has 0 radical (unpaired) electrons. The van der Waals surface area contributed by atoms with Crippen LogP contribution in [-0.2, 0) is 0 Å². The molecule has 2 aromatic carbocycles. The van der Waals surface area contributed by atoms with Crippen molar-refractivity contribution in [3.63, 3.8) is 0 Å². The van der Waals surface area contributed by atoms with Crippen LogP contribution in [0, 0.1) is 12.7 Å². The summed E-state index contributed by atoms with van der Waals surface area (Å²) in [4.78, 5) is 19.0. The Kier molecular flexibility index (Phi) is 4.20. The molecule has 4 rings (SSSR count). The number of carboxylic acid groups (broad SMARTS) is 1. The van der Waals surface area contributed by atoms with Crippen molar-refractivity contribution in [1.82, 2.24) is 9.97 Å². The van der Waals surface area contributed by atoms with Gasteiger partial charge in [0.2, 0.25) is 0 Å². The minimum Gasteiger partial charge on any atom is -0.477 e. The van der Waals surface area contributed by atoms with Crippen LogP contribution in [0.4, 0.5) is 4.39 Å². The summed E-state index contributed by atoms with van der Waals surface area (Å²) in [6, 6.07) is 17.8. The lowest BCUT2D eigenvalue weighted by Crippen LogP contribution is -2.09. The number of fused-ring (bicyclic) bond motifs is 1. The van der Waals surface area contributed by atoms with Crippen LogP contribution < -0.4 is 0 Å². The highest BCUT2D eigenvalue weighted by Crippen LogP contribution is 2.36. The standard InChI is InChI=1S/C22H17FN2O2/c1-13-11-14(9-10-17(13)23)21(19-7-4-8-20(25-19)22(26)27)16-12-24-18-6-3-2-5-15(16)18/h2-12,21,24H,1H3,(H,26,27). The molecule has 1 unspecified atom stereocenters. The maximum Gasteiger partial charge on any atom is 0.354 e. The number of aromatic amines is 1. The van der Waals surface area contributed by atoms with Crippen molar-refractivity contribution in [2.24, 2.45) is 0 Å². The number of nitrogens with one attached hydrogen (secondary N) is 1. The lowest BCUT2D eigenvalue weighted by molar-refractivity contribution is 0.0690. The molecule has 4 aromatic rings. The highest BCUT2D eigenvalue weighted by Gasteiger charge is 2.23. The Bertz CT molecular complexity index is 1150. The van der Waals surface area contributed by atoms with E-state index in [0.717, 1.165) is 22.0 Å². The first-order chi connectivity index (χ1) is 13.0. The van der Waals surface area contributed by atoms with Gasteiger partial charge in [-0.05, 0) is 47.9 Å². The number of pyridine rings is 1. The number of hydrogen-bond acceptors (Lipinski definition) is 2. The van der Waals surface area contributed by atoms with Gasteiger partial charge in [0, 0.05) is 17.1 Å². The van der Waals surface area contributed by atoms with Crippen LogP contribution in [0.2, 0.25) is 0 Å². The van der Waals surface area contributed by atoms with E-state index in [4.69, 9.17) is 0 Å². The van der Waals surface area contributed by atoms with Crippen LogP contribution in [0.15, 0.2) is 66.9 Å². The predicted molar refractivity (Wildman–Crippen MR) is 102 cm³/mol. The van der Waals surface area contributed by atoms with Crippen LogP contribution in [0.1, 0.15) is 38.8 Å². The van der Waals surface area contributed by atoms with Gasteiger partial charge in [0.05, 0.1) is 11.6 Å². The molecule has 2 aromatic heterocycles. The lowest BCUT2D eigenvalue weighted by Gasteiger charge is -2.18. The Morgan fingerprint density at radius 1 is 1.11 bits per heavy atom. The normalized spacial score (nSPS) is 12.2. The molecular weight excluding hydrogens is 343 g/mol. The van der Waals surface area contributed by atoms with Gasteiger partial charge in [-0.3, -0.25) is 0 Å². The average Bonchev–Trinajstić information content (AvgIpc) is 3.09. The molecule has 5 heteroatoms. The van der Waals surface area contributed by atoms with Crippen molar-refractivity contribution in [2.45, 2.75) is 12.8 Å². The van der Waals surface area contributed by atoms with Gasteiger partial charge in [0.15, 0.2) is 0 Å². The quantitative estimate of drug-likeness (QED) is 0.545. The van der Waals surface area contributed by atoms with Crippen molar-refractivity contribution in [3.05, 3.63) is 101 Å². The largest absolute Gasteiger partial charge is 0.477 e. The fraction of sp³-hybridized carbons (Fsp3) is 0.0909. The third kappa shape index (κ3) is 3.08. The Morgan fingerprint density at radius 3 is 2.70 bits per heavy atom. The van der Waals surface area contributed by atoms with Crippen LogP contribution >= 0.6 is 0 Å². The summed E-state index contributed by atoms with van der Waals surface area (Å²) in [6.07, 6.45) is 1.91. The molecule has 27 heavy (non-hydrogen) atoms. The molecule has 0 saturated heterocycles. The summed E-state index contributed by atoms with van der Waals surface area (Å²) in [5.41, 5.74) is 3.92. The SMILES string of the molecule is Cc1cc(C(c2cccc(C(=O)O)n2)c2c[nH]c3ccccc23)ccc1F. The van der Waals surface area contributed by atoms with Crippen molar-refractivity contribution < 1.29 is 14.3 Å². The number of para-hydroxylation sites is 1. The Balaban J connectivity index is 1.96. The molecule has 2 heterocycles. The monoisotopic (exact) mass is 360 g/mol. The number of aryl methyl sites for hydroxylation is 1. The molecule has 2 N–H and O–H groups in total. The van der Waals surface area contributed by atoms with Crippen molar-refractivity contribution in [1.29, 1.82) is 0 Å². The van der Waals surface area contributed by atoms with E-state index in [-0.39, 0.29) is 17.4 Å². The third-order valence-corrected chi connectivity index (χ3v) is 4.73. The maximum atomic E-state index is 13.8. The average molecular weight is 360 g/mol. The van der Waals surface area contributed by atoms with E-state index in [0.29, 0.717) is 11.3 Å². The Morgan fingerprint density at radius 2 is 1.93 bits per heavy atom. The first-order valence-electron chi connectivity index (χ1n) is 8.57. The zero-order valence-corrected chi connectivity index (χ0v) is 14.6. The molecule has 134 valence electrons. The van der Waals surface area contributed by atoms with Gasteiger partial charge in [-0.15, -0.1) is 0 Å². The second-order valence-electron chi connectivity index (χ2n) is 6.48. The second-order valence-corrected chi connectivity index (χ2v) is 6.48. The fourth-order valence-electron chi connectivity index (χ4n) is 3.42. The summed E-state index contributed by atoms with van der Waals surface area (Å²) in [5.74, 6) is -1.67. The second kappa shape index (κ2) is 6.68. The van der Waals surface area contributed by atoms with Gasteiger partial charge in [0.25, 0.3) is 0 Å². The molecule has 4 nitrogen and oxygen atoms in total. The number of benzene rings is 2. The number of hydrogen-bond donors (Lipinski definition) is 2. The minimum absolute atomic E-state index is 0.0174. The van der Waals surface area contributed by atoms with E-state index in [2.05, 4.69) is 9.97 Å². The van der Waals surface area contributed by atoms with E-state index >= 15 is 0 Å². The van der Waals surface area contributed by atoms with E-state index in [1.165, 1.54) is 12.1 Å². The van der Waals surface area contributed by atoms with Crippen LogP contribution in [0.3, 0.4) is 0 Å². The molecule has 0 aliphatic rings. The minimum atomic E-state index is -1.08. The topological polar surface area (TPSA) is 66.0 Å². The molecule has 0 aliphatic heterocycles. The third-order valence-electron chi connectivity index (χ3n) is 4.73. The summed E-state index contributed by atoms with van der Waals surface area (Å²) < 4.78 is 13.8. The first-order valence-corrected chi connectivity index (χ1v) is 8.57. The molecule has 0 saturated carbocycles. The summed E-state index contributed by atoms with van der Waals surface area (Å²) in [7, 11) is 0. The fourth-order valence-corrected chi connectivity index (χ4v) is 3.42. The van der Waals surface area contributed by atoms with Crippen LogP contribution in [0.5, 0.6) is 0 Å². The van der Waals surface area contributed by atoms with Crippen LogP contribution in [-0.4, -0.2) is 21.0 Å². The number of nitrogens with zero attached hydrogens (tertiary/aromatic N) is 1. The van der Waals surface area contributed by atoms with E-state index < -0.39 is 5.97 Å². The molecule has 0 aliphatic carbocycles. The van der Waals surface area contributed by atoms with Gasteiger partial charge in [-0.1, -0.05) is 36.4 Å². The van der Waals surface area contributed by atoms with Gasteiger partial charge >= 0.3 is 5.97 Å². The summed E-state index contributed by atoms with van der Waals surface area (Å²) in [6.45, 7) is 1.71. The highest BCUT2D eigenvalue weighted by molar-refractivity contribution is 5.86. The number of rotatable bonds is 4. The molecule has 0 spiro atoms. The van der Waals surface area contributed by atoms with Crippen molar-refractivity contribution in [3.8, 4) is 0 Å². The maximum absolute atomic E-state index is 13.8. The van der Waals surface area contributed by atoms with Gasteiger partial charge in [-0.25, -0.2) is 14.2 Å². The zero-order chi connectivity index (χ0) is 19.0. The Hall–Kier alpha value is -3.47. The van der Waals surface area contributed by atoms with E-state index in [1.54, 1.807) is 31.2 Å². The van der Waals surface area contributed by atoms with Crippen molar-refractivity contribution >= 4 is 16.9 Å². The number of H-pyrrole nitrogens is 1.